The van der Waals surface area contributed by atoms with Crippen LogP contribution in [0.25, 0.3) is 10.2 Å². The number of carbonyl (C=O) groups is 1. The highest BCUT2D eigenvalue weighted by Crippen LogP contribution is 2.27. The molecule has 9 nitrogen and oxygen atoms in total. The third-order valence-electron chi connectivity index (χ3n) is 6.51. The molecular formula is C30H33N7O2S. The van der Waals surface area contributed by atoms with Crippen molar-refractivity contribution < 1.29 is 9.90 Å². The lowest BCUT2D eigenvalue weighted by atomic mass is 9.93. The van der Waals surface area contributed by atoms with Gasteiger partial charge in [0.05, 0.1) is 27.6 Å². The van der Waals surface area contributed by atoms with Gasteiger partial charge in [-0.1, -0.05) is 61.7 Å². The summed E-state index contributed by atoms with van der Waals surface area (Å²) in [7, 11) is 0. The molecular weight excluding hydrogens is 522 g/mol. The first-order valence-corrected chi connectivity index (χ1v) is 13.8. The number of benzene rings is 2. The second-order valence-electron chi connectivity index (χ2n) is 9.35. The summed E-state index contributed by atoms with van der Waals surface area (Å²) in [5, 5.41) is 25.3. The fourth-order valence-corrected chi connectivity index (χ4v) is 5.21. The zero-order chi connectivity index (χ0) is 28.5. The van der Waals surface area contributed by atoms with E-state index in [-0.39, 0.29) is 29.6 Å². The highest BCUT2D eigenvalue weighted by molar-refractivity contribution is 7.20. The summed E-state index contributed by atoms with van der Waals surface area (Å²) < 4.78 is 0.976. The number of hydrogen-bond donors (Lipinski definition) is 5. The van der Waals surface area contributed by atoms with Crippen LogP contribution in [0, 0.1) is 5.41 Å². The topological polar surface area (TPSA) is 150 Å². The van der Waals surface area contributed by atoms with Gasteiger partial charge in [0, 0.05) is 18.2 Å². The highest BCUT2D eigenvalue weighted by Gasteiger charge is 2.23. The molecule has 6 N–H and O–H groups in total. The largest absolute Gasteiger partial charge is 0.393 e. The van der Waals surface area contributed by atoms with Gasteiger partial charge in [-0.15, -0.1) is 11.3 Å². The molecule has 0 spiro atoms. The van der Waals surface area contributed by atoms with Gasteiger partial charge in [0.2, 0.25) is 0 Å². The van der Waals surface area contributed by atoms with E-state index in [1.54, 1.807) is 12.2 Å². The smallest absolute Gasteiger partial charge is 0.280 e. The van der Waals surface area contributed by atoms with Crippen molar-refractivity contribution in [1.82, 2.24) is 20.3 Å². The Kier molecular flexibility index (Phi) is 9.71. The van der Waals surface area contributed by atoms with E-state index in [1.165, 1.54) is 17.7 Å². The van der Waals surface area contributed by atoms with Crippen molar-refractivity contribution in [1.29, 1.82) is 5.41 Å². The van der Waals surface area contributed by atoms with E-state index in [0.717, 1.165) is 41.5 Å². The molecule has 1 aliphatic carbocycles. The predicted octanol–water partition coefficient (Wildman–Crippen LogP) is 5.09. The number of allylic oxidation sites excluding steroid dienone is 2. The van der Waals surface area contributed by atoms with Gasteiger partial charge in [-0.3, -0.25) is 10.2 Å². The molecule has 0 aliphatic heterocycles. The van der Waals surface area contributed by atoms with E-state index in [0.29, 0.717) is 28.5 Å². The van der Waals surface area contributed by atoms with Crippen molar-refractivity contribution in [2.75, 3.05) is 11.1 Å². The molecule has 0 saturated heterocycles. The van der Waals surface area contributed by atoms with Crippen LogP contribution in [0.5, 0.6) is 0 Å². The zero-order valence-electron chi connectivity index (χ0n) is 22.1. The standard InChI is InChI=1S/C26H27N7O2S.C4H6/c27-22(21-23(28)30-14-31-24(21)32-17-9-11-18(34)12-10-17)16-7-5-15(6-8-16)13-29-25(35)26-33-19-3-1-2-4-20(19)36-26;1-3-4-2/h1-8,14,17-18,27,34H,9-13H2,(H,29,35)(H3,28,30,31,32);3-4H,1-2H2. The van der Waals surface area contributed by atoms with Crippen LogP contribution in [-0.4, -0.2) is 43.8 Å². The Morgan fingerprint density at radius 3 is 2.45 bits per heavy atom. The summed E-state index contributed by atoms with van der Waals surface area (Å²) in [5.41, 5.74) is 9.22. The molecule has 2 heterocycles. The number of carbonyl (C=O) groups excluding carboxylic acids is 1. The van der Waals surface area contributed by atoms with Crippen molar-refractivity contribution in [2.24, 2.45) is 0 Å². The quantitative estimate of drug-likeness (QED) is 0.150. The van der Waals surface area contributed by atoms with Crippen LogP contribution in [0.4, 0.5) is 11.6 Å². The lowest BCUT2D eigenvalue weighted by Gasteiger charge is -2.27. The Bertz CT molecular complexity index is 1450. The normalized spacial score (nSPS) is 16.3. The van der Waals surface area contributed by atoms with Crippen LogP contribution in [0.15, 0.2) is 80.2 Å². The van der Waals surface area contributed by atoms with Gasteiger partial charge in [0.15, 0.2) is 5.01 Å². The van der Waals surface area contributed by atoms with Gasteiger partial charge < -0.3 is 21.5 Å². The number of amides is 1. The molecule has 2 aromatic heterocycles. The van der Waals surface area contributed by atoms with Crippen molar-refractivity contribution in [3.05, 3.63) is 102 Å². The molecule has 40 heavy (non-hydrogen) atoms. The number of nitrogens with one attached hydrogen (secondary N) is 3. The number of aromatic nitrogens is 3. The number of nitrogen functional groups attached to an aromatic ring is 1. The number of hydrogen-bond acceptors (Lipinski definition) is 9. The molecule has 0 atom stereocenters. The van der Waals surface area contributed by atoms with Crippen LogP contribution in [-0.2, 0) is 6.54 Å². The Labute approximate surface area is 237 Å². The third kappa shape index (κ3) is 7.16. The van der Waals surface area contributed by atoms with Crippen molar-refractivity contribution in [2.45, 2.75) is 44.4 Å². The second-order valence-corrected chi connectivity index (χ2v) is 10.4. The van der Waals surface area contributed by atoms with Gasteiger partial charge in [-0.25, -0.2) is 15.0 Å². The average Bonchev–Trinajstić information content (AvgIpc) is 3.42. The van der Waals surface area contributed by atoms with Crippen LogP contribution in [0.1, 0.15) is 52.2 Å². The molecule has 0 unspecified atom stereocenters. The zero-order valence-corrected chi connectivity index (χ0v) is 23.0. The monoisotopic (exact) mass is 555 g/mol. The molecule has 1 amide bonds. The first kappa shape index (κ1) is 28.6. The van der Waals surface area contributed by atoms with E-state index in [2.05, 4.69) is 38.7 Å². The van der Waals surface area contributed by atoms with Crippen molar-refractivity contribution in [3.63, 3.8) is 0 Å². The number of thiazole rings is 1. The fourth-order valence-electron chi connectivity index (χ4n) is 4.33. The number of para-hydroxylation sites is 1. The van der Waals surface area contributed by atoms with E-state index < -0.39 is 0 Å². The number of aliphatic hydroxyl groups excluding tert-OH is 1. The fraction of sp³-hybridized carbons (Fsp3) is 0.233. The summed E-state index contributed by atoms with van der Waals surface area (Å²) in [4.78, 5) is 25.4. The summed E-state index contributed by atoms with van der Waals surface area (Å²) in [6.45, 7) is 7.07. The number of rotatable bonds is 8. The Hall–Kier alpha value is -4.41. The van der Waals surface area contributed by atoms with Crippen molar-refractivity contribution in [3.8, 4) is 0 Å². The average molecular weight is 556 g/mol. The van der Waals surface area contributed by atoms with Gasteiger partial charge in [-0.05, 0) is 43.4 Å². The second kappa shape index (κ2) is 13.6. The summed E-state index contributed by atoms with van der Waals surface area (Å²) in [6.07, 6.45) is 7.55. The molecule has 2 aromatic carbocycles. The maximum atomic E-state index is 12.6. The van der Waals surface area contributed by atoms with Crippen molar-refractivity contribution >= 4 is 44.8 Å². The number of fused-ring (bicyclic) bond motifs is 1. The van der Waals surface area contributed by atoms with E-state index in [1.807, 2.05) is 48.5 Å². The first-order valence-electron chi connectivity index (χ1n) is 13.0. The van der Waals surface area contributed by atoms with Gasteiger partial charge in [0.1, 0.15) is 18.0 Å². The maximum absolute atomic E-state index is 12.6. The van der Waals surface area contributed by atoms with Crippen LogP contribution >= 0.6 is 11.3 Å². The number of anilines is 2. The van der Waals surface area contributed by atoms with E-state index >= 15 is 0 Å². The molecule has 4 aromatic rings. The molecule has 10 heteroatoms. The number of nitrogens with two attached hydrogens (primary N) is 1. The Balaban J connectivity index is 0.000000867. The summed E-state index contributed by atoms with van der Waals surface area (Å²) in [5.74, 6) is 0.551. The van der Waals surface area contributed by atoms with Gasteiger partial charge in [-0.2, -0.15) is 0 Å². The van der Waals surface area contributed by atoms with Gasteiger partial charge >= 0.3 is 0 Å². The molecule has 206 valence electrons. The Morgan fingerprint density at radius 2 is 1.77 bits per heavy atom. The maximum Gasteiger partial charge on any atom is 0.280 e. The minimum absolute atomic E-state index is 0.163. The molecule has 0 bridgehead atoms. The van der Waals surface area contributed by atoms with Crippen LogP contribution in [0.2, 0.25) is 0 Å². The molecule has 1 saturated carbocycles. The first-order chi connectivity index (χ1) is 19.4. The van der Waals surface area contributed by atoms with E-state index in [9.17, 15) is 9.90 Å². The SMILES string of the molecule is C=CC=C.N=C(c1ccc(CNC(=O)c2nc3ccccc3s2)cc1)c1c(N)ncnc1NC1CCC(O)CC1. The molecule has 1 fully saturated rings. The lowest BCUT2D eigenvalue weighted by Crippen LogP contribution is -2.29. The minimum atomic E-state index is -0.249. The summed E-state index contributed by atoms with van der Waals surface area (Å²) >= 11 is 1.37. The highest BCUT2D eigenvalue weighted by atomic mass is 32.1. The minimum Gasteiger partial charge on any atom is -0.393 e. The third-order valence-corrected chi connectivity index (χ3v) is 7.55. The van der Waals surface area contributed by atoms with Gasteiger partial charge in [0.25, 0.3) is 5.91 Å². The molecule has 1 aliphatic rings. The number of nitrogens with zero attached hydrogens (tertiary/aromatic N) is 3. The lowest BCUT2D eigenvalue weighted by molar-refractivity contribution is 0.0950. The molecule has 5 rings (SSSR count). The van der Waals surface area contributed by atoms with Crippen LogP contribution in [0.3, 0.4) is 0 Å². The summed E-state index contributed by atoms with van der Waals surface area (Å²) in [6, 6.07) is 15.2. The predicted molar refractivity (Wildman–Crippen MR) is 162 cm³/mol. The van der Waals surface area contributed by atoms with E-state index in [4.69, 9.17) is 11.1 Å². The number of aliphatic hydroxyl groups is 1. The molecule has 0 radical (unpaired) electrons. The Morgan fingerprint density at radius 1 is 1.07 bits per heavy atom. The van der Waals surface area contributed by atoms with Crippen LogP contribution < -0.4 is 16.4 Å².